The summed E-state index contributed by atoms with van der Waals surface area (Å²) in [6.45, 7) is -1.14. The number of aliphatic hydroxyl groups excluding tert-OH is 4. The Hall–Kier alpha value is -3.88. The molecule has 3 aromatic rings. The Morgan fingerprint density at radius 1 is 1.13 bits per heavy atom. The van der Waals surface area contributed by atoms with Crippen molar-refractivity contribution < 1.29 is 43.9 Å². The minimum Gasteiger partial charge on any atom is -0.484 e. The van der Waals surface area contributed by atoms with E-state index in [1.54, 1.807) is 6.07 Å². The van der Waals surface area contributed by atoms with Crippen molar-refractivity contribution in [3.63, 3.8) is 0 Å². The topological polar surface area (TPSA) is 181 Å². The van der Waals surface area contributed by atoms with E-state index in [9.17, 15) is 34.4 Å². The van der Waals surface area contributed by atoms with Crippen LogP contribution in [0.25, 0.3) is 5.69 Å². The highest BCUT2D eigenvalue weighted by Crippen LogP contribution is 2.25. The first-order valence-electron chi connectivity index (χ1n) is 11.6. The van der Waals surface area contributed by atoms with Crippen molar-refractivity contribution in [2.45, 2.75) is 30.6 Å². The normalized spacial score (nSPS) is 23.2. The molecule has 4 rings (SSSR count). The molecule has 38 heavy (non-hydrogen) atoms. The molecule has 12 nitrogen and oxygen atoms in total. The molecule has 1 aliphatic heterocycles. The van der Waals surface area contributed by atoms with Gasteiger partial charge in [0.05, 0.1) is 24.1 Å². The molecule has 1 aliphatic rings. The molecule has 1 saturated heterocycles. The van der Waals surface area contributed by atoms with Crippen molar-refractivity contribution in [3.05, 3.63) is 71.7 Å². The van der Waals surface area contributed by atoms with Gasteiger partial charge >= 0.3 is 0 Å². The van der Waals surface area contributed by atoms with E-state index in [2.05, 4.69) is 5.10 Å². The Morgan fingerprint density at radius 3 is 2.53 bits per heavy atom. The number of hydrogen-bond donors (Lipinski definition) is 5. The van der Waals surface area contributed by atoms with Gasteiger partial charge in [0.1, 0.15) is 41.8 Å². The van der Waals surface area contributed by atoms with Crippen LogP contribution in [0.5, 0.6) is 5.75 Å². The van der Waals surface area contributed by atoms with E-state index in [0.29, 0.717) is 5.69 Å². The summed E-state index contributed by atoms with van der Waals surface area (Å²) in [5, 5.41) is 43.5. The number of hydrogen-bond acceptors (Lipinski definition) is 10. The minimum atomic E-state index is -1.63. The third-order valence-corrected chi connectivity index (χ3v) is 6.22. The number of rotatable bonds is 8. The number of aliphatic hydroxyl groups is 4. The van der Waals surface area contributed by atoms with Gasteiger partial charge in [-0.05, 0) is 36.4 Å². The Morgan fingerprint density at radius 2 is 1.84 bits per heavy atom. The number of ketones is 1. The molecule has 0 radical (unpaired) electrons. The van der Waals surface area contributed by atoms with E-state index in [1.807, 2.05) is 0 Å². The van der Waals surface area contributed by atoms with Gasteiger partial charge in [0.2, 0.25) is 0 Å². The Kier molecular flexibility index (Phi) is 8.04. The molecule has 1 aromatic heterocycles. The summed E-state index contributed by atoms with van der Waals surface area (Å²) in [5.41, 5.74) is 6.93. The monoisotopic (exact) mass is 530 g/mol. The molecule has 5 atom stereocenters. The summed E-state index contributed by atoms with van der Waals surface area (Å²) in [5.74, 6) is -1.27. The maximum Gasteiger partial charge on any atom is 0.262 e. The molecule has 1 fully saturated rings. The van der Waals surface area contributed by atoms with Crippen molar-refractivity contribution in [3.8, 4) is 11.4 Å². The predicted molar refractivity (Wildman–Crippen MR) is 130 cm³/mol. The summed E-state index contributed by atoms with van der Waals surface area (Å²) >= 11 is 0. The number of nitrogen functional groups attached to an aromatic ring is 1. The van der Waals surface area contributed by atoms with Crippen LogP contribution in [0.2, 0.25) is 0 Å². The zero-order valence-corrected chi connectivity index (χ0v) is 20.2. The van der Waals surface area contributed by atoms with Gasteiger partial charge in [-0.1, -0.05) is 12.1 Å². The van der Waals surface area contributed by atoms with Crippen LogP contribution in [0.1, 0.15) is 15.9 Å². The SMILES string of the molecule is CN(C(=O)COc1cccc(C(=O)c2cnn(-c3ccc(F)cc3)c2N)c1)[C@@H]1OC(CO)[C@@H](O)[C@H](O)C1O. The van der Waals surface area contributed by atoms with Crippen molar-refractivity contribution in [1.29, 1.82) is 0 Å². The maximum atomic E-state index is 13.2. The molecule has 202 valence electrons. The first-order chi connectivity index (χ1) is 18.1. The fourth-order valence-electron chi connectivity index (χ4n) is 3.99. The highest BCUT2D eigenvalue weighted by Gasteiger charge is 2.46. The van der Waals surface area contributed by atoms with E-state index in [-0.39, 0.29) is 22.7 Å². The van der Waals surface area contributed by atoms with Gasteiger partial charge in [-0.2, -0.15) is 5.10 Å². The van der Waals surface area contributed by atoms with Gasteiger partial charge in [0.15, 0.2) is 18.6 Å². The van der Waals surface area contributed by atoms with Crippen molar-refractivity contribution in [1.82, 2.24) is 14.7 Å². The van der Waals surface area contributed by atoms with Crippen LogP contribution in [-0.2, 0) is 9.53 Å². The number of nitrogens with zero attached hydrogens (tertiary/aromatic N) is 3. The van der Waals surface area contributed by atoms with Crippen molar-refractivity contribution >= 4 is 17.5 Å². The maximum absolute atomic E-state index is 13.2. The molecule has 13 heteroatoms. The van der Waals surface area contributed by atoms with Gasteiger partial charge in [-0.25, -0.2) is 9.07 Å². The molecule has 6 N–H and O–H groups in total. The lowest BCUT2D eigenvalue weighted by Gasteiger charge is -2.43. The number of benzene rings is 2. The van der Waals surface area contributed by atoms with Crippen LogP contribution in [0.4, 0.5) is 10.2 Å². The Bertz CT molecular complexity index is 1300. The lowest BCUT2D eigenvalue weighted by atomic mass is 9.98. The zero-order valence-electron chi connectivity index (χ0n) is 20.2. The summed E-state index contributed by atoms with van der Waals surface area (Å²) in [6, 6.07) is 11.5. The third-order valence-electron chi connectivity index (χ3n) is 6.22. The first kappa shape index (κ1) is 27.2. The quantitative estimate of drug-likeness (QED) is 0.237. The molecular weight excluding hydrogens is 503 g/mol. The highest BCUT2D eigenvalue weighted by molar-refractivity contribution is 6.11. The number of likely N-dealkylation sites (N-methyl/N-ethyl adjacent to an activating group) is 1. The van der Waals surface area contributed by atoms with Gasteiger partial charge in [0.25, 0.3) is 5.91 Å². The largest absolute Gasteiger partial charge is 0.484 e. The Labute approximate surface area is 216 Å². The van der Waals surface area contributed by atoms with Gasteiger partial charge < -0.3 is 40.5 Å². The standard InChI is InChI=1S/C25H27FN4O8/c1-29(25-23(36)22(35)21(34)18(11-31)38-25)19(32)12-37-16-4-2-3-13(9-16)20(33)17-10-28-30(24(17)27)15-7-5-14(26)6-8-15/h2-10,18,21-23,25,31,34-36H,11-12,27H2,1H3/t18?,21-,22+,23?,25-/m1/s1. The molecule has 2 heterocycles. The number of halogens is 1. The second-order valence-electron chi connectivity index (χ2n) is 8.70. The second-order valence-corrected chi connectivity index (χ2v) is 8.70. The highest BCUT2D eigenvalue weighted by atomic mass is 19.1. The van der Waals surface area contributed by atoms with Crippen LogP contribution in [0.3, 0.4) is 0 Å². The molecule has 0 saturated carbocycles. The average Bonchev–Trinajstić information content (AvgIpc) is 3.31. The van der Waals surface area contributed by atoms with E-state index >= 15 is 0 Å². The second kappa shape index (κ2) is 11.2. The molecule has 0 spiro atoms. The smallest absolute Gasteiger partial charge is 0.262 e. The average molecular weight is 531 g/mol. The minimum absolute atomic E-state index is 0.0595. The van der Waals surface area contributed by atoms with Crippen LogP contribution < -0.4 is 10.5 Å². The fourth-order valence-corrected chi connectivity index (χ4v) is 3.99. The zero-order chi connectivity index (χ0) is 27.6. The van der Waals surface area contributed by atoms with Crippen molar-refractivity contribution in [2.24, 2.45) is 0 Å². The fraction of sp³-hybridized carbons (Fsp3) is 0.320. The van der Waals surface area contributed by atoms with Crippen LogP contribution in [-0.4, -0.2) is 97.7 Å². The summed E-state index contributed by atoms with van der Waals surface area (Å²) in [4.78, 5) is 26.8. The van der Waals surface area contributed by atoms with E-state index in [4.69, 9.17) is 15.2 Å². The molecule has 2 unspecified atom stereocenters. The summed E-state index contributed by atoms with van der Waals surface area (Å²) in [6.07, 6.45) is -6.02. The molecule has 2 aromatic carbocycles. The molecular formula is C25H27FN4O8. The van der Waals surface area contributed by atoms with Crippen LogP contribution in [0, 0.1) is 5.82 Å². The first-order valence-corrected chi connectivity index (χ1v) is 11.6. The van der Waals surface area contributed by atoms with Crippen LogP contribution in [0.15, 0.2) is 54.7 Å². The summed E-state index contributed by atoms with van der Waals surface area (Å²) < 4.78 is 25.4. The number of carbonyl (C=O) groups excluding carboxylic acids is 2. The third kappa shape index (κ3) is 5.37. The summed E-state index contributed by atoms with van der Waals surface area (Å²) in [7, 11) is 1.31. The van der Waals surface area contributed by atoms with Crippen LogP contribution >= 0.6 is 0 Å². The number of aromatic nitrogens is 2. The number of amides is 1. The number of anilines is 1. The van der Waals surface area contributed by atoms with E-state index in [0.717, 1.165) is 4.90 Å². The number of ether oxygens (including phenoxy) is 2. The molecule has 0 bridgehead atoms. The number of nitrogens with two attached hydrogens (primary N) is 1. The van der Waals surface area contributed by atoms with E-state index in [1.165, 1.54) is 60.4 Å². The Balaban J connectivity index is 1.43. The molecule has 1 amide bonds. The van der Waals surface area contributed by atoms with Gasteiger partial charge in [-0.3, -0.25) is 9.59 Å². The van der Waals surface area contributed by atoms with Gasteiger partial charge in [-0.15, -0.1) is 0 Å². The predicted octanol–water partition coefficient (Wildman–Crippen LogP) is -0.538. The number of carbonyl (C=O) groups is 2. The lowest BCUT2D eigenvalue weighted by molar-refractivity contribution is -0.259. The molecule has 0 aliphatic carbocycles. The lowest BCUT2D eigenvalue weighted by Crippen LogP contribution is -2.63. The van der Waals surface area contributed by atoms with E-state index < -0.39 is 61.4 Å². The van der Waals surface area contributed by atoms with Crippen molar-refractivity contribution in [2.75, 3.05) is 26.0 Å². The van der Waals surface area contributed by atoms with Gasteiger partial charge in [0, 0.05) is 12.6 Å².